The van der Waals surface area contributed by atoms with Crippen LogP contribution in [0.1, 0.15) is 13.3 Å². The molecule has 0 saturated heterocycles. The van der Waals surface area contributed by atoms with Gasteiger partial charge in [-0.05, 0) is 6.42 Å². The Balaban J connectivity index is 0. The Bertz CT molecular complexity index is 140. The largest absolute Gasteiger partial charge is 0.466 e. The van der Waals surface area contributed by atoms with Gasteiger partial charge in [-0.15, -0.1) is 0 Å². The van der Waals surface area contributed by atoms with Crippen LogP contribution in [0.2, 0.25) is 0 Å². The van der Waals surface area contributed by atoms with Crippen LogP contribution in [-0.4, -0.2) is 39.2 Å². The molecule has 0 fully saturated rings. The van der Waals surface area contributed by atoms with Crippen molar-refractivity contribution < 1.29 is 29.1 Å². The lowest BCUT2D eigenvalue weighted by molar-refractivity contribution is 0.0177. The van der Waals surface area contributed by atoms with Crippen molar-refractivity contribution in [1.82, 2.24) is 0 Å². The summed E-state index contributed by atoms with van der Waals surface area (Å²) in [5.41, 5.74) is 5.19. The molecule has 0 aliphatic carbocycles. The maximum absolute atomic E-state index is 8.88. The van der Waals surface area contributed by atoms with Gasteiger partial charge in [0.25, 0.3) is 0 Å². The zero-order chi connectivity index (χ0) is 10.9. The number of rotatable bonds is 4. The van der Waals surface area contributed by atoms with Gasteiger partial charge in [-0.3, -0.25) is 0 Å². The zero-order valence-electron chi connectivity index (χ0n) is 7.33. The molecule has 0 aromatic rings. The van der Waals surface area contributed by atoms with Crippen LogP contribution < -0.4 is 5.73 Å². The van der Waals surface area contributed by atoms with Crippen molar-refractivity contribution >= 4 is 7.82 Å². The van der Waals surface area contributed by atoms with E-state index in [0.29, 0.717) is 6.61 Å². The number of nitrogens with two attached hydrogens (primary N) is 1. The molecule has 82 valence electrons. The van der Waals surface area contributed by atoms with Gasteiger partial charge in [0.05, 0.1) is 6.61 Å². The molecular formula is C5H16NO6P. The van der Waals surface area contributed by atoms with Gasteiger partial charge in [0.15, 0.2) is 0 Å². The molecule has 0 aromatic heterocycles. The predicted molar refractivity (Wildman–Crippen MR) is 45.6 cm³/mol. The minimum Gasteiger partial charge on any atom is -0.392 e. The maximum atomic E-state index is 8.88. The van der Waals surface area contributed by atoms with E-state index in [9.17, 15) is 0 Å². The summed E-state index contributed by atoms with van der Waals surface area (Å²) in [5.74, 6) is 0. The molecule has 0 aromatic carbocycles. The maximum Gasteiger partial charge on any atom is 0.466 e. The number of aliphatic hydroxyl groups is 1. The van der Waals surface area contributed by atoms with Gasteiger partial charge < -0.3 is 30.3 Å². The second-order valence-corrected chi connectivity index (χ2v) is 3.13. The van der Waals surface area contributed by atoms with Crippen LogP contribution in [0.25, 0.3) is 0 Å². The third kappa shape index (κ3) is 33.4. The fourth-order valence-electron chi connectivity index (χ4n) is 0.322. The average molecular weight is 217 g/mol. The fourth-order valence-corrected chi connectivity index (χ4v) is 0.322. The number of hydrogen-bond donors (Lipinski definition) is 5. The van der Waals surface area contributed by atoms with Crippen molar-refractivity contribution in [3.8, 4) is 0 Å². The zero-order valence-corrected chi connectivity index (χ0v) is 8.22. The lowest BCUT2D eigenvalue weighted by Crippen LogP contribution is -2.27. The molecule has 1 unspecified atom stereocenters. The molecule has 0 bridgehead atoms. The molecule has 0 aliphatic heterocycles. The topological polar surface area (TPSA) is 133 Å². The van der Waals surface area contributed by atoms with E-state index < -0.39 is 14.1 Å². The van der Waals surface area contributed by atoms with Gasteiger partial charge in [-0.2, -0.15) is 0 Å². The van der Waals surface area contributed by atoms with Crippen molar-refractivity contribution in [2.75, 3.05) is 13.2 Å². The summed E-state index contributed by atoms with van der Waals surface area (Å²) < 4.78 is 13.8. The Morgan fingerprint density at radius 3 is 2.08 bits per heavy atom. The van der Waals surface area contributed by atoms with Crippen molar-refractivity contribution in [3.63, 3.8) is 0 Å². The first kappa shape index (κ1) is 15.5. The first-order valence-electron chi connectivity index (χ1n) is 3.57. The number of phosphoric acid groups is 1. The SMILES string of the molecule is CCCOC(N)CO.O=P(O)(O)O. The highest BCUT2D eigenvalue weighted by Gasteiger charge is 2.00. The molecule has 0 rings (SSSR count). The Hall–Kier alpha value is -0.0100. The van der Waals surface area contributed by atoms with Crippen LogP contribution in [0.3, 0.4) is 0 Å². The van der Waals surface area contributed by atoms with Crippen molar-refractivity contribution in [2.45, 2.75) is 19.6 Å². The molecule has 0 heterocycles. The van der Waals surface area contributed by atoms with Crippen molar-refractivity contribution in [3.05, 3.63) is 0 Å². The lowest BCUT2D eigenvalue weighted by Gasteiger charge is -2.06. The van der Waals surface area contributed by atoms with Gasteiger partial charge >= 0.3 is 7.82 Å². The molecule has 8 heteroatoms. The van der Waals surface area contributed by atoms with E-state index in [1.54, 1.807) is 0 Å². The minimum absolute atomic E-state index is 0.0972. The molecule has 7 nitrogen and oxygen atoms in total. The van der Waals surface area contributed by atoms with E-state index in [4.69, 9.17) is 34.8 Å². The molecule has 0 saturated carbocycles. The van der Waals surface area contributed by atoms with Crippen LogP contribution in [-0.2, 0) is 9.30 Å². The van der Waals surface area contributed by atoms with E-state index in [1.165, 1.54) is 0 Å². The third-order valence-electron chi connectivity index (χ3n) is 0.716. The summed E-state index contributed by atoms with van der Waals surface area (Å²) >= 11 is 0. The third-order valence-corrected chi connectivity index (χ3v) is 0.716. The Kier molecular flexibility index (Phi) is 10.2. The number of ether oxygens (including phenoxy) is 1. The van der Waals surface area contributed by atoms with Crippen LogP contribution in [0, 0.1) is 0 Å². The monoisotopic (exact) mass is 217 g/mol. The molecule has 13 heavy (non-hydrogen) atoms. The van der Waals surface area contributed by atoms with E-state index >= 15 is 0 Å². The van der Waals surface area contributed by atoms with Crippen LogP contribution in [0.5, 0.6) is 0 Å². The van der Waals surface area contributed by atoms with Crippen LogP contribution in [0.4, 0.5) is 0 Å². The normalized spacial score (nSPS) is 13.1. The van der Waals surface area contributed by atoms with Gasteiger partial charge in [-0.1, -0.05) is 6.92 Å². The highest BCUT2D eigenvalue weighted by molar-refractivity contribution is 7.45. The molecular weight excluding hydrogens is 201 g/mol. The summed E-state index contributed by atoms with van der Waals surface area (Å²) in [4.78, 5) is 21.6. The minimum atomic E-state index is -4.64. The van der Waals surface area contributed by atoms with E-state index in [2.05, 4.69) is 0 Å². The average Bonchev–Trinajstić information content (AvgIpc) is 1.97. The predicted octanol–water partition coefficient (Wildman–Crippen LogP) is -1.24. The lowest BCUT2D eigenvalue weighted by atomic mass is 10.5. The first-order chi connectivity index (χ1) is 5.81. The van der Waals surface area contributed by atoms with Crippen LogP contribution >= 0.6 is 7.82 Å². The van der Waals surface area contributed by atoms with Gasteiger partial charge in [0.2, 0.25) is 0 Å². The molecule has 0 amide bonds. The smallest absolute Gasteiger partial charge is 0.392 e. The molecule has 0 radical (unpaired) electrons. The fraction of sp³-hybridized carbons (Fsp3) is 1.00. The van der Waals surface area contributed by atoms with Gasteiger partial charge in [-0.25, -0.2) is 4.57 Å². The first-order valence-corrected chi connectivity index (χ1v) is 5.14. The molecule has 6 N–H and O–H groups in total. The van der Waals surface area contributed by atoms with Crippen molar-refractivity contribution in [2.24, 2.45) is 5.73 Å². The summed E-state index contributed by atoms with van der Waals surface area (Å²) in [7, 11) is -4.64. The van der Waals surface area contributed by atoms with Crippen molar-refractivity contribution in [1.29, 1.82) is 0 Å². The van der Waals surface area contributed by atoms with Gasteiger partial charge in [0, 0.05) is 6.61 Å². The van der Waals surface area contributed by atoms with E-state index in [1.807, 2.05) is 6.92 Å². The Morgan fingerprint density at radius 2 is 1.85 bits per heavy atom. The second kappa shape index (κ2) is 8.58. The Morgan fingerprint density at radius 1 is 1.46 bits per heavy atom. The Labute approximate surface area is 76.4 Å². The number of aliphatic hydroxyl groups excluding tert-OH is 1. The highest BCUT2D eigenvalue weighted by atomic mass is 31.2. The second-order valence-electron chi connectivity index (χ2n) is 2.11. The van der Waals surface area contributed by atoms with Gasteiger partial charge in [0.1, 0.15) is 6.23 Å². The molecule has 0 aliphatic rings. The standard InChI is InChI=1S/C5H13NO2.H3O4P/c1-2-3-8-5(6)4-7;1-5(2,3)4/h5,7H,2-4,6H2,1H3;(H3,1,2,3,4). The van der Waals surface area contributed by atoms with E-state index in [-0.39, 0.29) is 6.61 Å². The summed E-state index contributed by atoms with van der Waals surface area (Å²) in [6, 6.07) is 0. The van der Waals surface area contributed by atoms with Crippen LogP contribution in [0.15, 0.2) is 0 Å². The summed E-state index contributed by atoms with van der Waals surface area (Å²) in [5, 5.41) is 8.31. The number of hydrogen-bond acceptors (Lipinski definition) is 4. The quantitative estimate of drug-likeness (QED) is 0.294. The summed E-state index contributed by atoms with van der Waals surface area (Å²) in [6.07, 6.45) is 0.447. The highest BCUT2D eigenvalue weighted by Crippen LogP contribution is 2.25. The molecule has 0 spiro atoms. The summed E-state index contributed by atoms with van der Waals surface area (Å²) in [6.45, 7) is 2.52. The van der Waals surface area contributed by atoms with E-state index in [0.717, 1.165) is 6.42 Å². The molecule has 1 atom stereocenters.